The minimum absolute atomic E-state index is 0.0254. The van der Waals surface area contributed by atoms with Crippen molar-refractivity contribution in [1.29, 1.82) is 0 Å². The van der Waals surface area contributed by atoms with Gasteiger partial charge < -0.3 is 4.90 Å². The van der Waals surface area contributed by atoms with E-state index in [1.807, 2.05) is 30.1 Å². The van der Waals surface area contributed by atoms with Crippen LogP contribution < -0.4 is 5.32 Å². The molecule has 0 spiro atoms. The number of hydrogen-bond acceptors (Lipinski definition) is 2. The Bertz CT molecular complexity index is 402. The minimum atomic E-state index is -0.0254. The van der Waals surface area contributed by atoms with E-state index in [9.17, 15) is 4.79 Å². The highest BCUT2D eigenvalue weighted by molar-refractivity contribution is 5.84. The average Bonchev–Trinajstić information content (AvgIpc) is 2.65. The van der Waals surface area contributed by atoms with Crippen molar-refractivity contribution in [2.75, 3.05) is 7.05 Å². The number of benzene rings is 1. The Kier molecular flexibility index (Phi) is 4.02. The van der Waals surface area contributed by atoms with Gasteiger partial charge in [-0.1, -0.05) is 44.2 Å². The maximum absolute atomic E-state index is 12.1. The van der Waals surface area contributed by atoms with Gasteiger partial charge >= 0.3 is 0 Å². The molecule has 18 heavy (non-hydrogen) atoms. The Hall–Kier alpha value is -1.35. The Morgan fingerprint density at radius 2 is 1.94 bits per heavy atom. The SMILES string of the molecule is CC(C)C1NC(CCc2ccccc2)C(=O)N1C. The molecule has 3 heteroatoms. The number of hydrogen-bond donors (Lipinski definition) is 1. The van der Waals surface area contributed by atoms with Crippen molar-refractivity contribution >= 4 is 5.91 Å². The summed E-state index contributed by atoms with van der Waals surface area (Å²) >= 11 is 0. The van der Waals surface area contributed by atoms with Crippen LogP contribution in [0.5, 0.6) is 0 Å². The van der Waals surface area contributed by atoms with Gasteiger partial charge in [0, 0.05) is 7.05 Å². The van der Waals surface area contributed by atoms with Crippen molar-refractivity contribution < 1.29 is 4.79 Å². The lowest BCUT2D eigenvalue weighted by atomic mass is 10.1. The molecular formula is C15H22N2O. The molecule has 1 aliphatic heterocycles. The van der Waals surface area contributed by atoms with Gasteiger partial charge in [0.05, 0.1) is 12.2 Å². The summed E-state index contributed by atoms with van der Waals surface area (Å²) in [5.74, 6) is 0.672. The molecule has 1 aromatic carbocycles. The van der Waals surface area contributed by atoms with E-state index in [2.05, 4.69) is 31.3 Å². The molecule has 0 aromatic heterocycles. The van der Waals surface area contributed by atoms with Crippen LogP contribution in [-0.2, 0) is 11.2 Å². The third-order valence-corrected chi connectivity index (χ3v) is 3.63. The summed E-state index contributed by atoms with van der Waals surface area (Å²) < 4.78 is 0. The second-order valence-corrected chi connectivity index (χ2v) is 5.38. The topological polar surface area (TPSA) is 32.3 Å². The van der Waals surface area contributed by atoms with E-state index in [4.69, 9.17) is 0 Å². The number of aryl methyl sites for hydroxylation is 1. The fourth-order valence-electron chi connectivity index (χ4n) is 2.57. The van der Waals surface area contributed by atoms with Gasteiger partial charge in [0.1, 0.15) is 0 Å². The number of nitrogens with zero attached hydrogens (tertiary/aromatic N) is 1. The Morgan fingerprint density at radius 1 is 1.28 bits per heavy atom. The Morgan fingerprint density at radius 3 is 2.50 bits per heavy atom. The van der Waals surface area contributed by atoms with Crippen LogP contribution in [0.4, 0.5) is 0 Å². The smallest absolute Gasteiger partial charge is 0.240 e. The zero-order chi connectivity index (χ0) is 13.1. The van der Waals surface area contributed by atoms with Crippen LogP contribution in [0.15, 0.2) is 30.3 Å². The summed E-state index contributed by atoms with van der Waals surface area (Å²) in [6, 6.07) is 10.3. The van der Waals surface area contributed by atoms with E-state index in [1.165, 1.54) is 5.56 Å². The van der Waals surface area contributed by atoms with Gasteiger partial charge in [0.15, 0.2) is 0 Å². The van der Waals surface area contributed by atoms with Gasteiger partial charge in [0.25, 0.3) is 0 Å². The number of rotatable bonds is 4. The number of amides is 1. The highest BCUT2D eigenvalue weighted by Gasteiger charge is 2.37. The van der Waals surface area contributed by atoms with Crippen LogP contribution in [0.3, 0.4) is 0 Å². The average molecular weight is 246 g/mol. The third kappa shape index (κ3) is 2.72. The Balaban J connectivity index is 1.93. The second-order valence-electron chi connectivity index (χ2n) is 5.38. The van der Waals surface area contributed by atoms with Crippen LogP contribution in [0.2, 0.25) is 0 Å². The molecule has 2 unspecified atom stereocenters. The molecule has 0 aliphatic carbocycles. The molecule has 3 nitrogen and oxygen atoms in total. The van der Waals surface area contributed by atoms with Gasteiger partial charge in [-0.3, -0.25) is 10.1 Å². The van der Waals surface area contributed by atoms with Crippen molar-refractivity contribution in [3.8, 4) is 0 Å². The predicted octanol–water partition coefficient (Wildman–Crippen LogP) is 2.03. The summed E-state index contributed by atoms with van der Waals surface area (Å²) in [7, 11) is 1.89. The molecule has 1 saturated heterocycles. The lowest BCUT2D eigenvalue weighted by Crippen LogP contribution is -2.39. The quantitative estimate of drug-likeness (QED) is 0.881. The summed E-state index contributed by atoms with van der Waals surface area (Å²) in [5, 5.41) is 3.44. The maximum atomic E-state index is 12.1. The summed E-state index contributed by atoms with van der Waals surface area (Å²) in [6.45, 7) is 4.28. The molecule has 1 amide bonds. The lowest BCUT2D eigenvalue weighted by Gasteiger charge is -2.22. The summed E-state index contributed by atoms with van der Waals surface area (Å²) in [6.07, 6.45) is 2.00. The predicted molar refractivity (Wildman–Crippen MR) is 73.1 cm³/mol. The summed E-state index contributed by atoms with van der Waals surface area (Å²) in [5.41, 5.74) is 1.29. The van der Waals surface area contributed by atoms with Crippen molar-refractivity contribution in [2.24, 2.45) is 5.92 Å². The molecule has 0 bridgehead atoms. The third-order valence-electron chi connectivity index (χ3n) is 3.63. The van der Waals surface area contributed by atoms with Crippen molar-refractivity contribution in [2.45, 2.75) is 38.9 Å². The van der Waals surface area contributed by atoms with E-state index in [1.54, 1.807) is 0 Å². The monoisotopic (exact) mass is 246 g/mol. The molecule has 0 radical (unpaired) electrons. The van der Waals surface area contributed by atoms with E-state index in [0.29, 0.717) is 5.92 Å². The molecule has 1 N–H and O–H groups in total. The van der Waals surface area contributed by atoms with Crippen molar-refractivity contribution in [3.05, 3.63) is 35.9 Å². The fraction of sp³-hybridized carbons (Fsp3) is 0.533. The maximum Gasteiger partial charge on any atom is 0.240 e. The Labute approximate surface area is 109 Å². The zero-order valence-corrected chi connectivity index (χ0v) is 11.4. The first-order chi connectivity index (χ1) is 8.59. The molecule has 2 atom stereocenters. The van der Waals surface area contributed by atoms with Crippen molar-refractivity contribution in [3.63, 3.8) is 0 Å². The minimum Gasteiger partial charge on any atom is -0.329 e. The summed E-state index contributed by atoms with van der Waals surface area (Å²) in [4.78, 5) is 14.0. The molecule has 1 aromatic rings. The molecular weight excluding hydrogens is 224 g/mol. The number of carbonyl (C=O) groups excluding carboxylic acids is 1. The van der Waals surface area contributed by atoms with Crippen LogP contribution in [-0.4, -0.2) is 30.1 Å². The lowest BCUT2D eigenvalue weighted by molar-refractivity contribution is -0.129. The highest BCUT2D eigenvalue weighted by Crippen LogP contribution is 2.18. The molecule has 1 fully saturated rings. The molecule has 0 saturated carbocycles. The van der Waals surface area contributed by atoms with E-state index >= 15 is 0 Å². The number of carbonyl (C=O) groups is 1. The normalized spacial score (nSPS) is 24.0. The highest BCUT2D eigenvalue weighted by atomic mass is 16.2. The van der Waals surface area contributed by atoms with Gasteiger partial charge in [-0.05, 0) is 24.3 Å². The standard InChI is InChI=1S/C15H22N2O/c1-11(2)14-16-13(15(18)17(14)3)10-9-12-7-5-4-6-8-12/h4-8,11,13-14,16H,9-10H2,1-3H3. The first-order valence-electron chi connectivity index (χ1n) is 6.66. The van der Waals surface area contributed by atoms with Gasteiger partial charge in [-0.25, -0.2) is 0 Å². The largest absolute Gasteiger partial charge is 0.329 e. The van der Waals surface area contributed by atoms with Crippen LogP contribution in [0.1, 0.15) is 25.8 Å². The van der Waals surface area contributed by atoms with E-state index in [0.717, 1.165) is 12.8 Å². The van der Waals surface area contributed by atoms with Crippen LogP contribution in [0, 0.1) is 5.92 Å². The van der Waals surface area contributed by atoms with Crippen LogP contribution >= 0.6 is 0 Å². The van der Waals surface area contributed by atoms with Gasteiger partial charge in [-0.15, -0.1) is 0 Å². The zero-order valence-electron chi connectivity index (χ0n) is 11.4. The fourth-order valence-corrected chi connectivity index (χ4v) is 2.57. The molecule has 1 heterocycles. The van der Waals surface area contributed by atoms with Gasteiger partial charge in [-0.2, -0.15) is 0 Å². The number of likely N-dealkylation sites (N-methyl/N-ethyl adjacent to an activating group) is 1. The van der Waals surface area contributed by atoms with E-state index in [-0.39, 0.29) is 18.1 Å². The molecule has 2 rings (SSSR count). The first kappa shape index (κ1) is 13.1. The first-order valence-corrected chi connectivity index (χ1v) is 6.66. The number of nitrogens with one attached hydrogen (secondary N) is 1. The molecule has 98 valence electrons. The van der Waals surface area contributed by atoms with Crippen molar-refractivity contribution in [1.82, 2.24) is 10.2 Å². The second kappa shape index (κ2) is 5.53. The van der Waals surface area contributed by atoms with E-state index < -0.39 is 0 Å². The van der Waals surface area contributed by atoms with Crippen LogP contribution in [0.25, 0.3) is 0 Å². The molecule has 1 aliphatic rings. The van der Waals surface area contributed by atoms with Gasteiger partial charge in [0.2, 0.25) is 5.91 Å².